The fourth-order valence-corrected chi connectivity index (χ4v) is 1.43. The standard InChI is InChI=1S/C13H23N3O5/c1-6-16(5)10(18)8(2)14-12(21)15-9(17)7-13(3,4)11(19)20/h8H,6-7H2,1-5H3,(H,19,20)(H2,14,15,17,21). The van der Waals surface area contributed by atoms with E-state index in [9.17, 15) is 19.2 Å². The Balaban J connectivity index is 4.42. The lowest BCUT2D eigenvalue weighted by Crippen LogP contribution is -2.50. The first-order valence-electron chi connectivity index (χ1n) is 6.60. The van der Waals surface area contributed by atoms with Crippen LogP contribution in [0.5, 0.6) is 0 Å². The SMILES string of the molecule is CCN(C)C(=O)C(C)NC(=O)NC(=O)CC(C)(C)C(=O)O. The zero-order valence-electron chi connectivity index (χ0n) is 13.0. The average Bonchev–Trinajstić information content (AvgIpc) is 2.35. The molecule has 8 nitrogen and oxygen atoms in total. The van der Waals surface area contributed by atoms with Crippen LogP contribution in [0.25, 0.3) is 0 Å². The lowest BCUT2D eigenvalue weighted by Gasteiger charge is -2.21. The first-order valence-corrected chi connectivity index (χ1v) is 6.60. The summed E-state index contributed by atoms with van der Waals surface area (Å²) in [5.41, 5.74) is -1.27. The third-order valence-corrected chi connectivity index (χ3v) is 3.00. The number of rotatable bonds is 6. The molecule has 120 valence electrons. The molecule has 8 heteroatoms. The molecular formula is C13H23N3O5. The molecule has 0 aliphatic rings. The summed E-state index contributed by atoms with van der Waals surface area (Å²) in [6.45, 7) is 6.56. The molecule has 1 unspecified atom stereocenters. The number of urea groups is 1. The van der Waals surface area contributed by atoms with Crippen LogP contribution in [0, 0.1) is 5.41 Å². The molecule has 0 fully saturated rings. The monoisotopic (exact) mass is 301 g/mol. The summed E-state index contributed by atoms with van der Waals surface area (Å²) in [4.78, 5) is 47.2. The van der Waals surface area contributed by atoms with Gasteiger partial charge >= 0.3 is 12.0 Å². The van der Waals surface area contributed by atoms with E-state index in [-0.39, 0.29) is 12.3 Å². The lowest BCUT2D eigenvalue weighted by atomic mass is 9.89. The Morgan fingerprint density at radius 3 is 2.19 bits per heavy atom. The molecule has 21 heavy (non-hydrogen) atoms. The molecule has 3 N–H and O–H groups in total. The van der Waals surface area contributed by atoms with Crippen molar-refractivity contribution in [3.05, 3.63) is 0 Å². The zero-order valence-corrected chi connectivity index (χ0v) is 13.0. The number of carbonyl (C=O) groups is 4. The maximum Gasteiger partial charge on any atom is 0.322 e. The number of amides is 4. The van der Waals surface area contributed by atoms with Gasteiger partial charge < -0.3 is 15.3 Å². The number of hydrogen-bond donors (Lipinski definition) is 3. The van der Waals surface area contributed by atoms with Gasteiger partial charge in [0, 0.05) is 20.0 Å². The number of carbonyl (C=O) groups excluding carboxylic acids is 3. The van der Waals surface area contributed by atoms with Crippen molar-refractivity contribution in [2.75, 3.05) is 13.6 Å². The fraction of sp³-hybridized carbons (Fsp3) is 0.692. The molecule has 1 atom stereocenters. The van der Waals surface area contributed by atoms with Crippen LogP contribution in [0.4, 0.5) is 4.79 Å². The average molecular weight is 301 g/mol. The lowest BCUT2D eigenvalue weighted by molar-refractivity contribution is -0.149. The van der Waals surface area contributed by atoms with Crippen LogP contribution in [-0.2, 0) is 14.4 Å². The maximum atomic E-state index is 11.7. The minimum atomic E-state index is -1.27. The van der Waals surface area contributed by atoms with Crippen molar-refractivity contribution in [1.29, 1.82) is 0 Å². The van der Waals surface area contributed by atoms with Gasteiger partial charge in [0.15, 0.2) is 0 Å². The summed E-state index contributed by atoms with van der Waals surface area (Å²) in [6.07, 6.45) is -0.340. The predicted octanol–water partition coefficient (Wildman–Crippen LogP) is 0.180. The summed E-state index contributed by atoms with van der Waals surface area (Å²) >= 11 is 0. The largest absolute Gasteiger partial charge is 0.481 e. The minimum absolute atomic E-state index is 0.286. The van der Waals surface area contributed by atoms with E-state index < -0.39 is 29.4 Å². The van der Waals surface area contributed by atoms with Crippen LogP contribution < -0.4 is 10.6 Å². The van der Waals surface area contributed by atoms with E-state index in [2.05, 4.69) is 5.32 Å². The Bertz CT molecular complexity index is 434. The van der Waals surface area contributed by atoms with Gasteiger partial charge in [-0.1, -0.05) is 0 Å². The number of carboxylic acids is 1. The molecule has 0 spiro atoms. The predicted molar refractivity (Wildman–Crippen MR) is 75.5 cm³/mol. The third kappa shape index (κ3) is 6.24. The molecule has 0 aromatic heterocycles. The number of nitrogens with one attached hydrogen (secondary N) is 2. The van der Waals surface area contributed by atoms with Crippen LogP contribution in [0.15, 0.2) is 0 Å². The third-order valence-electron chi connectivity index (χ3n) is 3.00. The number of aliphatic carboxylic acids is 1. The van der Waals surface area contributed by atoms with Crippen molar-refractivity contribution < 1.29 is 24.3 Å². The second kappa shape index (κ2) is 7.61. The van der Waals surface area contributed by atoms with Gasteiger partial charge in [-0.25, -0.2) is 4.79 Å². The summed E-state index contributed by atoms with van der Waals surface area (Å²) in [5, 5.41) is 13.2. The first-order chi connectivity index (χ1) is 9.51. The Morgan fingerprint density at radius 1 is 1.24 bits per heavy atom. The molecule has 0 saturated heterocycles. The highest BCUT2D eigenvalue weighted by Crippen LogP contribution is 2.19. The smallest absolute Gasteiger partial charge is 0.322 e. The molecule has 0 bridgehead atoms. The van der Waals surface area contributed by atoms with Crippen molar-refractivity contribution in [3.63, 3.8) is 0 Å². The van der Waals surface area contributed by atoms with Gasteiger partial charge in [0.25, 0.3) is 0 Å². The van der Waals surface area contributed by atoms with Gasteiger partial charge in [-0.05, 0) is 27.7 Å². The van der Waals surface area contributed by atoms with Crippen LogP contribution in [-0.4, -0.2) is 53.5 Å². The molecule has 0 radical (unpaired) electrons. The minimum Gasteiger partial charge on any atom is -0.481 e. The molecule has 0 aromatic carbocycles. The number of nitrogens with zero attached hydrogens (tertiary/aromatic N) is 1. The summed E-state index contributed by atoms with van der Waals surface area (Å²) in [6, 6.07) is -1.61. The normalized spacial score (nSPS) is 12.2. The second-order valence-electron chi connectivity index (χ2n) is 5.46. The van der Waals surface area contributed by atoms with E-state index in [1.54, 1.807) is 14.0 Å². The number of carboxylic acid groups (broad SMARTS) is 1. The van der Waals surface area contributed by atoms with E-state index >= 15 is 0 Å². The van der Waals surface area contributed by atoms with E-state index in [0.29, 0.717) is 6.54 Å². The fourth-order valence-electron chi connectivity index (χ4n) is 1.43. The van der Waals surface area contributed by atoms with Gasteiger partial charge in [0.2, 0.25) is 11.8 Å². The number of imide groups is 1. The Labute approximate surface area is 123 Å². The van der Waals surface area contributed by atoms with Crippen molar-refractivity contribution in [1.82, 2.24) is 15.5 Å². The van der Waals surface area contributed by atoms with E-state index in [4.69, 9.17) is 5.11 Å². The van der Waals surface area contributed by atoms with Crippen LogP contribution in [0.1, 0.15) is 34.1 Å². The van der Waals surface area contributed by atoms with Gasteiger partial charge in [-0.3, -0.25) is 19.7 Å². The zero-order chi connectivity index (χ0) is 16.8. The van der Waals surface area contributed by atoms with Crippen molar-refractivity contribution in [2.24, 2.45) is 5.41 Å². The van der Waals surface area contributed by atoms with Crippen LogP contribution >= 0.6 is 0 Å². The van der Waals surface area contributed by atoms with Gasteiger partial charge in [-0.15, -0.1) is 0 Å². The summed E-state index contributed by atoms with van der Waals surface area (Å²) in [5.74, 6) is -2.14. The molecule has 4 amide bonds. The summed E-state index contributed by atoms with van der Waals surface area (Å²) in [7, 11) is 1.60. The van der Waals surface area contributed by atoms with Gasteiger partial charge in [0.05, 0.1) is 5.41 Å². The Kier molecular flexibility index (Phi) is 6.84. The highest BCUT2D eigenvalue weighted by molar-refractivity contribution is 5.97. The number of likely N-dealkylation sites (N-methyl/N-ethyl adjacent to an activating group) is 1. The quantitative estimate of drug-likeness (QED) is 0.647. The second-order valence-corrected chi connectivity index (χ2v) is 5.46. The van der Waals surface area contributed by atoms with Gasteiger partial charge in [-0.2, -0.15) is 0 Å². The number of hydrogen-bond acceptors (Lipinski definition) is 4. The molecule has 0 saturated carbocycles. The summed E-state index contributed by atoms with van der Waals surface area (Å²) < 4.78 is 0. The van der Waals surface area contributed by atoms with E-state index in [1.807, 2.05) is 5.32 Å². The van der Waals surface area contributed by atoms with Crippen molar-refractivity contribution >= 4 is 23.8 Å². The molecule has 0 aliphatic carbocycles. The highest BCUT2D eigenvalue weighted by atomic mass is 16.4. The maximum absolute atomic E-state index is 11.7. The van der Waals surface area contributed by atoms with E-state index in [0.717, 1.165) is 0 Å². The Hall–Kier alpha value is -2.12. The van der Waals surface area contributed by atoms with Gasteiger partial charge in [0.1, 0.15) is 6.04 Å². The van der Waals surface area contributed by atoms with Crippen molar-refractivity contribution in [3.8, 4) is 0 Å². The molecule has 0 aliphatic heterocycles. The molecular weight excluding hydrogens is 278 g/mol. The Morgan fingerprint density at radius 2 is 1.76 bits per heavy atom. The van der Waals surface area contributed by atoms with Crippen LogP contribution in [0.3, 0.4) is 0 Å². The highest BCUT2D eigenvalue weighted by Gasteiger charge is 2.31. The topological polar surface area (TPSA) is 116 Å². The van der Waals surface area contributed by atoms with Crippen LogP contribution in [0.2, 0.25) is 0 Å². The van der Waals surface area contributed by atoms with Crippen molar-refractivity contribution in [2.45, 2.75) is 40.2 Å². The molecule has 0 rings (SSSR count). The molecule has 0 heterocycles. The first kappa shape index (κ1) is 18.9. The molecule has 0 aromatic rings. The van der Waals surface area contributed by atoms with E-state index in [1.165, 1.54) is 25.7 Å².